The molecule has 0 saturated carbocycles. The fraction of sp³-hybridized carbons (Fsp3) is 0.350. The number of methoxy groups -OCH3 is 1. The highest BCUT2D eigenvalue weighted by Gasteiger charge is 2.19. The van der Waals surface area contributed by atoms with Crippen LogP contribution in [-0.4, -0.2) is 51.3 Å². The summed E-state index contributed by atoms with van der Waals surface area (Å²) >= 11 is 0. The number of nitrogens with one attached hydrogen (secondary N) is 1. The van der Waals surface area contributed by atoms with Gasteiger partial charge in [0, 0.05) is 39.3 Å². The fourth-order valence-corrected chi connectivity index (χ4v) is 3.19. The second-order valence-corrected chi connectivity index (χ2v) is 6.08. The number of piperazine rings is 1. The molecule has 0 aliphatic carbocycles. The zero-order valence-corrected chi connectivity index (χ0v) is 14.6. The van der Waals surface area contributed by atoms with Crippen LogP contribution in [0.5, 0.6) is 5.75 Å². The van der Waals surface area contributed by atoms with Crippen LogP contribution >= 0.6 is 0 Å². The maximum atomic E-state index is 9.13. The molecule has 130 valence electrons. The van der Waals surface area contributed by atoms with Crippen molar-refractivity contribution in [3.63, 3.8) is 0 Å². The molecule has 25 heavy (non-hydrogen) atoms. The number of para-hydroxylation sites is 3. The minimum Gasteiger partial charge on any atom is -0.495 e. The van der Waals surface area contributed by atoms with Gasteiger partial charge < -0.3 is 15.0 Å². The number of hydrogen-bond acceptors (Lipinski definition) is 5. The van der Waals surface area contributed by atoms with Crippen LogP contribution in [-0.2, 0) is 0 Å². The summed E-state index contributed by atoms with van der Waals surface area (Å²) in [5.74, 6) is 0.936. The Labute approximate surface area is 149 Å². The molecule has 1 saturated heterocycles. The summed E-state index contributed by atoms with van der Waals surface area (Å²) < 4.78 is 5.47. The molecule has 0 spiro atoms. The van der Waals surface area contributed by atoms with Gasteiger partial charge in [-0.05, 0) is 24.3 Å². The van der Waals surface area contributed by atoms with Gasteiger partial charge in [0.25, 0.3) is 0 Å². The van der Waals surface area contributed by atoms with Gasteiger partial charge in [-0.1, -0.05) is 24.3 Å². The molecule has 0 unspecified atom stereocenters. The summed E-state index contributed by atoms with van der Waals surface area (Å²) in [6.07, 6.45) is 0. The third-order valence-electron chi connectivity index (χ3n) is 4.59. The van der Waals surface area contributed by atoms with Crippen molar-refractivity contribution in [3.8, 4) is 11.8 Å². The average molecular weight is 336 g/mol. The van der Waals surface area contributed by atoms with Gasteiger partial charge in [-0.25, -0.2) is 0 Å². The van der Waals surface area contributed by atoms with E-state index in [-0.39, 0.29) is 0 Å². The van der Waals surface area contributed by atoms with Crippen LogP contribution in [0.2, 0.25) is 0 Å². The predicted octanol–water partition coefficient (Wildman–Crippen LogP) is 2.80. The van der Waals surface area contributed by atoms with E-state index in [4.69, 9.17) is 10.00 Å². The summed E-state index contributed by atoms with van der Waals surface area (Å²) in [6.45, 7) is 5.86. The lowest BCUT2D eigenvalue weighted by Gasteiger charge is -2.36. The molecule has 1 fully saturated rings. The summed E-state index contributed by atoms with van der Waals surface area (Å²) in [5, 5.41) is 12.5. The molecule has 1 aliphatic heterocycles. The molecule has 0 radical (unpaired) electrons. The first-order chi connectivity index (χ1) is 12.3. The lowest BCUT2D eigenvalue weighted by Crippen LogP contribution is -2.47. The maximum absolute atomic E-state index is 9.13. The molecule has 3 rings (SSSR count). The Bertz CT molecular complexity index is 732. The van der Waals surface area contributed by atoms with Crippen LogP contribution in [0.15, 0.2) is 48.5 Å². The van der Waals surface area contributed by atoms with Crippen LogP contribution in [0, 0.1) is 11.3 Å². The number of nitrogens with zero attached hydrogens (tertiary/aromatic N) is 3. The van der Waals surface area contributed by atoms with Crippen molar-refractivity contribution in [1.82, 2.24) is 4.90 Å². The van der Waals surface area contributed by atoms with Gasteiger partial charge in [-0.3, -0.25) is 4.90 Å². The Morgan fingerprint density at radius 3 is 2.52 bits per heavy atom. The van der Waals surface area contributed by atoms with Crippen molar-refractivity contribution in [1.29, 1.82) is 5.26 Å². The second-order valence-electron chi connectivity index (χ2n) is 6.08. The van der Waals surface area contributed by atoms with E-state index in [1.54, 1.807) is 7.11 Å². The Morgan fingerprint density at radius 2 is 1.76 bits per heavy atom. The molecule has 0 amide bonds. The molecular weight excluding hydrogens is 312 g/mol. The zero-order chi connectivity index (χ0) is 17.5. The van der Waals surface area contributed by atoms with Gasteiger partial charge in [0.15, 0.2) is 0 Å². The molecule has 1 N–H and O–H groups in total. The monoisotopic (exact) mass is 336 g/mol. The highest BCUT2D eigenvalue weighted by atomic mass is 16.5. The summed E-state index contributed by atoms with van der Waals surface area (Å²) in [7, 11) is 1.72. The molecule has 2 aromatic rings. The van der Waals surface area contributed by atoms with E-state index in [0.29, 0.717) is 5.56 Å². The second kappa shape index (κ2) is 8.41. The first-order valence-corrected chi connectivity index (χ1v) is 8.65. The Morgan fingerprint density at radius 1 is 1.04 bits per heavy atom. The minimum atomic E-state index is 0.698. The van der Waals surface area contributed by atoms with Crippen LogP contribution in [0.25, 0.3) is 0 Å². The molecule has 2 aromatic carbocycles. The third-order valence-corrected chi connectivity index (χ3v) is 4.59. The predicted molar refractivity (Wildman–Crippen MR) is 101 cm³/mol. The highest BCUT2D eigenvalue weighted by molar-refractivity contribution is 5.59. The van der Waals surface area contributed by atoms with Crippen LogP contribution < -0.4 is 15.0 Å². The Hall–Kier alpha value is -2.71. The van der Waals surface area contributed by atoms with Crippen LogP contribution in [0.3, 0.4) is 0 Å². The highest BCUT2D eigenvalue weighted by Crippen LogP contribution is 2.28. The molecule has 1 heterocycles. The average Bonchev–Trinajstić information content (AvgIpc) is 2.69. The number of ether oxygens (including phenoxy) is 1. The van der Waals surface area contributed by atoms with E-state index in [1.807, 2.05) is 36.4 Å². The molecule has 5 nitrogen and oxygen atoms in total. The normalized spacial score (nSPS) is 14.8. The van der Waals surface area contributed by atoms with Gasteiger partial charge in [0.2, 0.25) is 0 Å². The number of nitriles is 1. The van der Waals surface area contributed by atoms with Crippen molar-refractivity contribution in [3.05, 3.63) is 54.1 Å². The van der Waals surface area contributed by atoms with Gasteiger partial charge in [-0.15, -0.1) is 0 Å². The van der Waals surface area contributed by atoms with Crippen molar-refractivity contribution in [2.45, 2.75) is 0 Å². The number of rotatable bonds is 6. The fourth-order valence-electron chi connectivity index (χ4n) is 3.19. The molecule has 1 aliphatic rings. The summed E-state index contributed by atoms with van der Waals surface area (Å²) in [6, 6.07) is 18.1. The van der Waals surface area contributed by atoms with E-state index >= 15 is 0 Å². The SMILES string of the molecule is COc1ccccc1N1CCN(CCNc2ccccc2C#N)CC1. The van der Waals surface area contributed by atoms with E-state index in [9.17, 15) is 0 Å². The van der Waals surface area contributed by atoms with Crippen molar-refractivity contribution in [2.75, 3.05) is 56.6 Å². The van der Waals surface area contributed by atoms with Gasteiger partial charge >= 0.3 is 0 Å². The van der Waals surface area contributed by atoms with Gasteiger partial charge in [-0.2, -0.15) is 5.26 Å². The Kier molecular flexibility index (Phi) is 5.76. The smallest absolute Gasteiger partial charge is 0.142 e. The maximum Gasteiger partial charge on any atom is 0.142 e. The van der Waals surface area contributed by atoms with Crippen molar-refractivity contribution in [2.24, 2.45) is 0 Å². The number of hydrogen-bond donors (Lipinski definition) is 1. The molecule has 0 bridgehead atoms. The minimum absolute atomic E-state index is 0.698. The molecule has 0 aromatic heterocycles. The lowest BCUT2D eigenvalue weighted by atomic mass is 10.2. The number of benzene rings is 2. The quantitative estimate of drug-likeness (QED) is 0.879. The lowest BCUT2D eigenvalue weighted by molar-refractivity contribution is 0.266. The molecule has 0 atom stereocenters. The van der Waals surface area contributed by atoms with Gasteiger partial charge in [0.05, 0.1) is 24.0 Å². The number of anilines is 2. The van der Waals surface area contributed by atoms with Crippen LogP contribution in [0.4, 0.5) is 11.4 Å². The first-order valence-electron chi connectivity index (χ1n) is 8.65. The summed E-state index contributed by atoms with van der Waals surface area (Å²) in [4.78, 5) is 4.83. The van der Waals surface area contributed by atoms with Crippen molar-refractivity contribution < 1.29 is 4.74 Å². The standard InChI is InChI=1S/C20H24N4O/c1-25-20-9-5-4-8-19(20)24-14-12-23(13-15-24)11-10-22-18-7-3-2-6-17(18)16-21/h2-9,22H,10-15H2,1H3. The summed E-state index contributed by atoms with van der Waals surface area (Å²) in [5.41, 5.74) is 2.78. The largest absolute Gasteiger partial charge is 0.495 e. The van der Waals surface area contributed by atoms with E-state index in [2.05, 4.69) is 33.3 Å². The topological polar surface area (TPSA) is 51.5 Å². The first kappa shape index (κ1) is 17.1. The van der Waals surface area contributed by atoms with Crippen LogP contribution in [0.1, 0.15) is 5.56 Å². The van der Waals surface area contributed by atoms with E-state index in [1.165, 1.54) is 5.69 Å². The van der Waals surface area contributed by atoms with E-state index in [0.717, 1.165) is 50.7 Å². The Balaban J connectivity index is 1.48. The molecular formula is C20H24N4O. The van der Waals surface area contributed by atoms with E-state index < -0.39 is 0 Å². The molecule has 5 heteroatoms. The van der Waals surface area contributed by atoms with Crippen molar-refractivity contribution >= 4 is 11.4 Å². The third kappa shape index (κ3) is 4.23. The van der Waals surface area contributed by atoms with Gasteiger partial charge in [0.1, 0.15) is 11.8 Å². The zero-order valence-electron chi connectivity index (χ0n) is 14.6.